The first kappa shape index (κ1) is 15.3. The SMILES string of the molecule is Cc1nn(CCC(=O)N[C@@H](C)[C@H]2CCCO2)c(C)c1Cl. The Bertz CT molecular complexity index is 481. The highest BCUT2D eigenvalue weighted by Gasteiger charge is 2.23. The fourth-order valence-corrected chi connectivity index (χ4v) is 2.65. The monoisotopic (exact) mass is 299 g/mol. The van der Waals surface area contributed by atoms with Gasteiger partial charge in [0.2, 0.25) is 5.91 Å². The summed E-state index contributed by atoms with van der Waals surface area (Å²) in [4.78, 5) is 11.9. The van der Waals surface area contributed by atoms with Crippen LogP contribution in [-0.4, -0.2) is 34.4 Å². The summed E-state index contributed by atoms with van der Waals surface area (Å²) >= 11 is 6.08. The Labute approximate surface area is 124 Å². The molecule has 1 aliphatic rings. The molecule has 2 atom stereocenters. The molecule has 1 N–H and O–H groups in total. The highest BCUT2D eigenvalue weighted by Crippen LogP contribution is 2.19. The van der Waals surface area contributed by atoms with Crippen molar-refractivity contribution in [1.82, 2.24) is 15.1 Å². The van der Waals surface area contributed by atoms with E-state index < -0.39 is 0 Å². The molecule has 1 aliphatic heterocycles. The Balaban J connectivity index is 1.81. The molecule has 1 fully saturated rings. The van der Waals surface area contributed by atoms with Gasteiger partial charge in [-0.2, -0.15) is 5.10 Å². The van der Waals surface area contributed by atoms with E-state index in [-0.39, 0.29) is 18.1 Å². The van der Waals surface area contributed by atoms with Crippen LogP contribution in [0.5, 0.6) is 0 Å². The van der Waals surface area contributed by atoms with Gasteiger partial charge < -0.3 is 10.1 Å². The van der Waals surface area contributed by atoms with E-state index in [9.17, 15) is 4.79 Å². The lowest BCUT2D eigenvalue weighted by Crippen LogP contribution is -2.41. The largest absolute Gasteiger partial charge is 0.376 e. The molecule has 1 saturated heterocycles. The number of rotatable bonds is 5. The lowest BCUT2D eigenvalue weighted by atomic mass is 10.1. The standard InChI is InChI=1S/C14H22ClN3O2/c1-9(12-5-4-8-20-12)16-13(19)6-7-18-11(3)14(15)10(2)17-18/h9,12H,4-8H2,1-3H3,(H,16,19)/t9-,12+/m0/s1. The van der Waals surface area contributed by atoms with Crippen LogP contribution >= 0.6 is 11.6 Å². The van der Waals surface area contributed by atoms with Crippen LogP contribution in [0.4, 0.5) is 0 Å². The average Bonchev–Trinajstić information content (AvgIpc) is 3.02. The summed E-state index contributed by atoms with van der Waals surface area (Å²) in [6.45, 7) is 7.12. The number of ether oxygens (including phenoxy) is 1. The third-order valence-corrected chi connectivity index (χ3v) is 4.30. The lowest BCUT2D eigenvalue weighted by molar-refractivity contribution is -0.122. The molecule has 0 unspecified atom stereocenters. The molecule has 6 heteroatoms. The highest BCUT2D eigenvalue weighted by atomic mass is 35.5. The van der Waals surface area contributed by atoms with Gasteiger partial charge in [0.1, 0.15) is 0 Å². The molecule has 0 saturated carbocycles. The molecule has 0 aliphatic carbocycles. The first-order valence-corrected chi connectivity index (χ1v) is 7.47. The predicted molar refractivity (Wildman–Crippen MR) is 77.9 cm³/mol. The molecular formula is C14H22ClN3O2. The first-order valence-electron chi connectivity index (χ1n) is 7.09. The minimum absolute atomic E-state index is 0.0247. The van der Waals surface area contributed by atoms with Gasteiger partial charge in [0.15, 0.2) is 0 Å². The number of carbonyl (C=O) groups is 1. The third kappa shape index (κ3) is 3.52. The van der Waals surface area contributed by atoms with Crippen molar-refractivity contribution < 1.29 is 9.53 Å². The minimum Gasteiger partial charge on any atom is -0.376 e. The number of nitrogens with zero attached hydrogens (tertiary/aromatic N) is 2. The van der Waals surface area contributed by atoms with Crippen molar-refractivity contribution >= 4 is 17.5 Å². The zero-order chi connectivity index (χ0) is 14.7. The molecule has 0 radical (unpaired) electrons. The van der Waals surface area contributed by atoms with E-state index in [4.69, 9.17) is 16.3 Å². The molecule has 0 bridgehead atoms. The number of nitrogens with one attached hydrogen (secondary N) is 1. The molecule has 1 amide bonds. The van der Waals surface area contributed by atoms with Gasteiger partial charge in [-0.15, -0.1) is 0 Å². The zero-order valence-corrected chi connectivity index (χ0v) is 13.0. The van der Waals surface area contributed by atoms with Crippen LogP contribution in [0.1, 0.15) is 37.6 Å². The molecule has 2 heterocycles. The summed E-state index contributed by atoms with van der Waals surface area (Å²) in [5.74, 6) is 0.0247. The maximum Gasteiger partial charge on any atom is 0.222 e. The Morgan fingerprint density at radius 3 is 2.90 bits per heavy atom. The number of hydrogen-bond donors (Lipinski definition) is 1. The van der Waals surface area contributed by atoms with Crippen molar-refractivity contribution in [2.24, 2.45) is 0 Å². The van der Waals surface area contributed by atoms with Crippen LogP contribution in [0.15, 0.2) is 0 Å². The van der Waals surface area contributed by atoms with Gasteiger partial charge >= 0.3 is 0 Å². The quantitative estimate of drug-likeness (QED) is 0.907. The molecular weight excluding hydrogens is 278 g/mol. The summed E-state index contributed by atoms with van der Waals surface area (Å²) in [7, 11) is 0. The first-order chi connectivity index (χ1) is 9.49. The van der Waals surface area contributed by atoms with Crippen LogP contribution < -0.4 is 5.32 Å². The van der Waals surface area contributed by atoms with E-state index in [1.807, 2.05) is 20.8 Å². The number of hydrogen-bond acceptors (Lipinski definition) is 3. The molecule has 112 valence electrons. The zero-order valence-electron chi connectivity index (χ0n) is 12.3. The van der Waals surface area contributed by atoms with Crippen LogP contribution in [-0.2, 0) is 16.1 Å². The highest BCUT2D eigenvalue weighted by molar-refractivity contribution is 6.31. The van der Waals surface area contributed by atoms with Crippen LogP contribution in [0.3, 0.4) is 0 Å². The molecule has 1 aromatic rings. The van der Waals surface area contributed by atoms with Gasteiger partial charge in [-0.25, -0.2) is 0 Å². The Morgan fingerprint density at radius 1 is 1.60 bits per heavy atom. The topological polar surface area (TPSA) is 56.2 Å². The van der Waals surface area contributed by atoms with Gasteiger partial charge in [0.25, 0.3) is 0 Å². The normalized spacial score (nSPS) is 20.1. The maximum atomic E-state index is 11.9. The van der Waals surface area contributed by atoms with Gasteiger partial charge in [-0.05, 0) is 33.6 Å². The van der Waals surface area contributed by atoms with Crippen molar-refractivity contribution in [2.45, 2.75) is 58.7 Å². The Kier molecular flexibility index (Phi) is 5.05. The second-order valence-electron chi connectivity index (χ2n) is 5.37. The molecule has 5 nitrogen and oxygen atoms in total. The van der Waals surface area contributed by atoms with Crippen molar-refractivity contribution in [3.8, 4) is 0 Å². The van der Waals surface area contributed by atoms with E-state index >= 15 is 0 Å². The Morgan fingerprint density at radius 2 is 2.35 bits per heavy atom. The summed E-state index contributed by atoms with van der Waals surface area (Å²) < 4.78 is 7.35. The van der Waals surface area contributed by atoms with Crippen molar-refractivity contribution in [3.05, 3.63) is 16.4 Å². The number of halogens is 1. The van der Waals surface area contributed by atoms with Crippen molar-refractivity contribution in [2.75, 3.05) is 6.61 Å². The third-order valence-electron chi connectivity index (χ3n) is 3.76. The van der Waals surface area contributed by atoms with Gasteiger partial charge in [-0.1, -0.05) is 11.6 Å². The van der Waals surface area contributed by atoms with Crippen molar-refractivity contribution in [1.29, 1.82) is 0 Å². The number of amides is 1. The summed E-state index contributed by atoms with van der Waals surface area (Å²) in [5.41, 5.74) is 1.71. The number of carbonyl (C=O) groups excluding carboxylic acids is 1. The van der Waals surface area contributed by atoms with E-state index in [2.05, 4.69) is 10.4 Å². The van der Waals surface area contributed by atoms with Crippen LogP contribution in [0.2, 0.25) is 5.02 Å². The van der Waals surface area contributed by atoms with Crippen LogP contribution in [0.25, 0.3) is 0 Å². The van der Waals surface area contributed by atoms with E-state index in [1.54, 1.807) is 4.68 Å². The van der Waals surface area contributed by atoms with Gasteiger partial charge in [0, 0.05) is 13.0 Å². The minimum atomic E-state index is 0.0247. The molecule has 20 heavy (non-hydrogen) atoms. The molecule has 2 rings (SSSR count). The second-order valence-corrected chi connectivity index (χ2v) is 5.74. The van der Waals surface area contributed by atoms with E-state index in [0.717, 1.165) is 30.8 Å². The van der Waals surface area contributed by atoms with Crippen molar-refractivity contribution in [3.63, 3.8) is 0 Å². The average molecular weight is 300 g/mol. The van der Waals surface area contributed by atoms with Crippen LogP contribution in [0, 0.1) is 13.8 Å². The predicted octanol–water partition coefficient (Wildman–Crippen LogP) is 2.23. The maximum absolute atomic E-state index is 11.9. The van der Waals surface area contributed by atoms with Gasteiger partial charge in [0.05, 0.1) is 35.1 Å². The Hall–Kier alpha value is -1.07. The summed E-state index contributed by atoms with van der Waals surface area (Å²) in [5, 5.41) is 7.99. The molecule has 1 aromatic heterocycles. The molecule has 0 spiro atoms. The van der Waals surface area contributed by atoms with E-state index in [1.165, 1.54) is 0 Å². The number of aromatic nitrogens is 2. The summed E-state index contributed by atoms with van der Waals surface area (Å²) in [6, 6.07) is 0.0639. The summed E-state index contributed by atoms with van der Waals surface area (Å²) in [6.07, 6.45) is 2.65. The lowest BCUT2D eigenvalue weighted by Gasteiger charge is -2.20. The fraction of sp³-hybridized carbons (Fsp3) is 0.714. The second kappa shape index (κ2) is 6.59. The van der Waals surface area contributed by atoms with E-state index in [0.29, 0.717) is 18.0 Å². The van der Waals surface area contributed by atoms with Gasteiger partial charge in [-0.3, -0.25) is 9.48 Å². The fourth-order valence-electron chi connectivity index (χ4n) is 2.52. The number of aryl methyl sites for hydroxylation is 2. The molecule has 0 aromatic carbocycles. The smallest absolute Gasteiger partial charge is 0.222 e.